The first-order valence-electron chi connectivity index (χ1n) is 11.6. The Morgan fingerprint density at radius 2 is 2.03 bits per heavy atom. The number of nitrogens with one attached hydrogen (secondary N) is 2. The SMILES string of the molecule is [2H]C([2H])([2H])NC(=O)c1ccc(N2CCN(Cc3ccc4nc(C(C)(F)F)c(=O)[nH]c4c3)CC2)cn1. The fourth-order valence-electron chi connectivity index (χ4n) is 3.72. The van der Waals surface area contributed by atoms with E-state index in [1.54, 1.807) is 24.4 Å². The lowest BCUT2D eigenvalue weighted by atomic mass is 10.1. The summed E-state index contributed by atoms with van der Waals surface area (Å²) in [5.74, 6) is -4.08. The van der Waals surface area contributed by atoms with E-state index in [0.29, 0.717) is 37.6 Å². The molecular formula is C22H24F2N6O2. The van der Waals surface area contributed by atoms with E-state index in [-0.39, 0.29) is 5.69 Å². The number of carbonyl (C=O) groups excluding carboxylic acids is 1. The average molecular weight is 445 g/mol. The normalized spacial score (nSPS) is 17.0. The number of piperazine rings is 1. The number of hydrogen-bond acceptors (Lipinski definition) is 6. The van der Waals surface area contributed by atoms with Crippen LogP contribution in [0.4, 0.5) is 14.5 Å². The number of anilines is 1. The third kappa shape index (κ3) is 4.59. The van der Waals surface area contributed by atoms with Gasteiger partial charge in [0.05, 0.1) is 22.9 Å². The Balaban J connectivity index is 1.37. The van der Waals surface area contributed by atoms with Crippen molar-refractivity contribution in [1.29, 1.82) is 0 Å². The summed E-state index contributed by atoms with van der Waals surface area (Å²) >= 11 is 0. The van der Waals surface area contributed by atoms with E-state index >= 15 is 0 Å². The number of H-pyrrole nitrogens is 1. The molecule has 0 unspecified atom stereocenters. The zero-order valence-corrected chi connectivity index (χ0v) is 17.4. The van der Waals surface area contributed by atoms with Crippen molar-refractivity contribution in [1.82, 2.24) is 25.2 Å². The highest BCUT2D eigenvalue weighted by atomic mass is 19.3. The maximum Gasteiger partial charge on any atom is 0.292 e. The van der Waals surface area contributed by atoms with Crippen molar-refractivity contribution in [3.05, 3.63) is 63.8 Å². The van der Waals surface area contributed by atoms with Gasteiger partial charge in [-0.3, -0.25) is 14.5 Å². The van der Waals surface area contributed by atoms with Gasteiger partial charge in [0, 0.05) is 50.7 Å². The summed E-state index contributed by atoms with van der Waals surface area (Å²) < 4.78 is 48.5. The Morgan fingerprint density at radius 1 is 1.25 bits per heavy atom. The number of halogens is 2. The van der Waals surface area contributed by atoms with Crippen LogP contribution in [0.3, 0.4) is 0 Å². The second-order valence-electron chi connectivity index (χ2n) is 7.77. The van der Waals surface area contributed by atoms with Crippen molar-refractivity contribution >= 4 is 22.6 Å². The summed E-state index contributed by atoms with van der Waals surface area (Å²) in [5, 5.41) is 1.91. The van der Waals surface area contributed by atoms with Crippen LogP contribution in [0.2, 0.25) is 0 Å². The molecule has 1 aliphatic rings. The lowest BCUT2D eigenvalue weighted by Crippen LogP contribution is -2.46. The van der Waals surface area contributed by atoms with Gasteiger partial charge in [-0.25, -0.2) is 9.97 Å². The van der Waals surface area contributed by atoms with Crippen molar-refractivity contribution in [2.75, 3.05) is 38.1 Å². The second-order valence-corrected chi connectivity index (χ2v) is 7.77. The molecule has 4 rings (SSSR count). The van der Waals surface area contributed by atoms with Gasteiger partial charge < -0.3 is 15.2 Å². The van der Waals surface area contributed by atoms with Gasteiger partial charge in [0.1, 0.15) is 5.69 Å². The molecule has 0 atom stereocenters. The standard InChI is InChI=1S/C22H24F2N6O2/c1-22(23,24)19-21(32)28-18-11-14(3-5-16(18)27-19)13-29-7-9-30(10-8-29)15-4-6-17(26-12-15)20(31)25-2/h3-6,11-12H,7-10,13H2,1-2H3,(H,25,31)(H,28,32)/i2D3. The molecule has 0 bridgehead atoms. The van der Waals surface area contributed by atoms with Crippen LogP contribution < -0.4 is 15.8 Å². The lowest BCUT2D eigenvalue weighted by molar-refractivity contribution is 0.0115. The van der Waals surface area contributed by atoms with E-state index in [2.05, 4.69) is 24.8 Å². The molecular weight excluding hydrogens is 418 g/mol. The summed E-state index contributed by atoms with van der Waals surface area (Å²) in [6.07, 6.45) is 1.55. The molecule has 1 saturated heterocycles. The first-order chi connectivity index (χ1) is 16.4. The van der Waals surface area contributed by atoms with Crippen LogP contribution in [-0.4, -0.2) is 58.9 Å². The van der Waals surface area contributed by atoms with Crippen LogP contribution in [0.15, 0.2) is 41.3 Å². The van der Waals surface area contributed by atoms with Crippen molar-refractivity contribution < 1.29 is 17.7 Å². The van der Waals surface area contributed by atoms with E-state index in [0.717, 1.165) is 24.3 Å². The molecule has 1 fully saturated rings. The van der Waals surface area contributed by atoms with E-state index in [1.165, 1.54) is 6.07 Å². The first-order valence-corrected chi connectivity index (χ1v) is 10.1. The van der Waals surface area contributed by atoms with Gasteiger partial charge in [0.25, 0.3) is 17.4 Å². The quantitative estimate of drug-likeness (QED) is 0.625. The zero-order valence-electron chi connectivity index (χ0n) is 20.4. The van der Waals surface area contributed by atoms with Gasteiger partial charge in [-0.1, -0.05) is 6.07 Å². The molecule has 2 N–H and O–H groups in total. The summed E-state index contributed by atoms with van der Waals surface area (Å²) in [4.78, 5) is 38.7. The number of rotatable bonds is 5. The molecule has 168 valence electrons. The maximum absolute atomic E-state index is 13.6. The predicted molar refractivity (Wildman–Crippen MR) is 117 cm³/mol. The Hall–Kier alpha value is -3.40. The van der Waals surface area contributed by atoms with E-state index in [4.69, 9.17) is 4.11 Å². The Bertz CT molecular complexity index is 1280. The van der Waals surface area contributed by atoms with Gasteiger partial charge in [0.2, 0.25) is 0 Å². The number of alkyl halides is 2. The van der Waals surface area contributed by atoms with Crippen molar-refractivity contribution in [2.24, 2.45) is 0 Å². The fraction of sp³-hybridized carbons (Fsp3) is 0.364. The largest absolute Gasteiger partial charge is 0.368 e. The van der Waals surface area contributed by atoms with Gasteiger partial charge >= 0.3 is 0 Å². The van der Waals surface area contributed by atoms with Crippen molar-refractivity contribution in [2.45, 2.75) is 19.4 Å². The monoisotopic (exact) mass is 445 g/mol. The van der Waals surface area contributed by atoms with Crippen LogP contribution in [0.5, 0.6) is 0 Å². The maximum atomic E-state index is 13.6. The van der Waals surface area contributed by atoms with Gasteiger partial charge in [0.15, 0.2) is 5.69 Å². The summed E-state index contributed by atoms with van der Waals surface area (Å²) in [7, 11) is 0. The molecule has 0 radical (unpaired) electrons. The summed E-state index contributed by atoms with van der Waals surface area (Å²) in [5.41, 5.74) is 0.799. The second kappa shape index (κ2) is 8.62. The average Bonchev–Trinajstić information content (AvgIpc) is 2.77. The number of pyridine rings is 1. The zero-order chi connectivity index (χ0) is 25.4. The van der Waals surface area contributed by atoms with Crippen molar-refractivity contribution in [3.8, 4) is 0 Å². The first kappa shape index (κ1) is 18.2. The number of aromatic nitrogens is 3. The number of aromatic amines is 1. The highest BCUT2D eigenvalue weighted by molar-refractivity contribution is 5.92. The number of carbonyl (C=O) groups is 1. The van der Waals surface area contributed by atoms with E-state index < -0.39 is 30.1 Å². The smallest absolute Gasteiger partial charge is 0.292 e. The topological polar surface area (TPSA) is 94.2 Å². The molecule has 1 amide bonds. The molecule has 8 nitrogen and oxygen atoms in total. The molecule has 0 saturated carbocycles. The van der Waals surface area contributed by atoms with E-state index in [9.17, 15) is 18.4 Å². The number of benzene rings is 1. The minimum Gasteiger partial charge on any atom is -0.368 e. The highest BCUT2D eigenvalue weighted by Gasteiger charge is 2.30. The van der Waals surface area contributed by atoms with Crippen LogP contribution in [0.25, 0.3) is 11.0 Å². The highest BCUT2D eigenvalue weighted by Crippen LogP contribution is 2.24. The van der Waals surface area contributed by atoms with Crippen molar-refractivity contribution in [3.63, 3.8) is 0 Å². The summed E-state index contributed by atoms with van der Waals surface area (Å²) in [6.45, 7) is 1.60. The molecule has 1 aromatic carbocycles. The summed E-state index contributed by atoms with van der Waals surface area (Å²) in [6, 6.07) is 8.41. The van der Waals surface area contributed by atoms with E-state index in [1.807, 2.05) is 11.4 Å². The molecule has 0 spiro atoms. The third-order valence-electron chi connectivity index (χ3n) is 5.41. The fourth-order valence-corrected chi connectivity index (χ4v) is 3.72. The number of nitrogens with zero attached hydrogens (tertiary/aromatic N) is 4. The Kier molecular flexibility index (Phi) is 4.90. The molecule has 3 heterocycles. The number of hydrogen-bond donors (Lipinski definition) is 2. The predicted octanol–water partition coefficient (Wildman–Crippen LogP) is 2.11. The Labute approximate surface area is 187 Å². The number of amides is 1. The van der Waals surface area contributed by atoms with Crippen LogP contribution in [0.1, 0.15) is 32.8 Å². The Morgan fingerprint density at radius 3 is 2.69 bits per heavy atom. The lowest BCUT2D eigenvalue weighted by Gasteiger charge is -2.36. The molecule has 2 aromatic heterocycles. The van der Waals surface area contributed by atoms with Crippen LogP contribution in [-0.2, 0) is 12.5 Å². The molecule has 3 aromatic rings. The molecule has 0 aliphatic carbocycles. The van der Waals surface area contributed by atoms with Gasteiger partial charge in [-0.2, -0.15) is 8.78 Å². The molecule has 1 aliphatic heterocycles. The molecule has 10 heteroatoms. The third-order valence-corrected chi connectivity index (χ3v) is 5.41. The van der Waals surface area contributed by atoms with Gasteiger partial charge in [-0.15, -0.1) is 0 Å². The van der Waals surface area contributed by atoms with Crippen LogP contribution in [0, 0.1) is 0 Å². The number of fused-ring (bicyclic) bond motifs is 1. The molecule has 32 heavy (non-hydrogen) atoms. The minimum atomic E-state index is -3.32. The van der Waals surface area contributed by atoms with Gasteiger partial charge in [-0.05, 0) is 29.8 Å². The van der Waals surface area contributed by atoms with Crippen LogP contribution >= 0.6 is 0 Å². The minimum absolute atomic E-state index is 0.0297.